The first-order valence-electron chi connectivity index (χ1n) is 6.59. The molecule has 0 amide bonds. The number of ether oxygens (including phenoxy) is 1. The van der Waals surface area contributed by atoms with Gasteiger partial charge in [-0.1, -0.05) is 6.92 Å². The van der Waals surface area contributed by atoms with E-state index >= 15 is 0 Å². The van der Waals surface area contributed by atoms with Crippen molar-refractivity contribution < 1.29 is 4.74 Å². The largest absolute Gasteiger partial charge is 0.481 e. The van der Waals surface area contributed by atoms with E-state index in [-0.39, 0.29) is 0 Å². The first-order valence-corrected chi connectivity index (χ1v) is 6.59. The summed E-state index contributed by atoms with van der Waals surface area (Å²) >= 11 is 0. The highest BCUT2D eigenvalue weighted by Gasteiger charge is 2.19. The Kier molecular flexibility index (Phi) is 4.36. The van der Waals surface area contributed by atoms with Gasteiger partial charge in [0.2, 0.25) is 5.88 Å². The maximum Gasteiger partial charge on any atom is 0.221 e. The minimum absolute atomic E-state index is 0.506. The topological polar surface area (TPSA) is 50.3 Å². The molecule has 0 aromatic carbocycles. The lowest BCUT2D eigenvalue weighted by molar-refractivity contribution is 0.229. The number of rotatable bonds is 4. The van der Waals surface area contributed by atoms with Crippen molar-refractivity contribution >= 4 is 5.82 Å². The van der Waals surface area contributed by atoms with E-state index in [1.54, 1.807) is 13.4 Å². The van der Waals surface area contributed by atoms with E-state index in [0.29, 0.717) is 11.9 Å². The predicted octanol–water partition coefficient (Wildman–Crippen LogP) is 1.69. The maximum absolute atomic E-state index is 5.21. The number of nitrogens with zero attached hydrogens (tertiary/aromatic N) is 3. The Morgan fingerprint density at radius 1 is 1.39 bits per heavy atom. The van der Waals surface area contributed by atoms with Crippen LogP contribution in [-0.4, -0.2) is 47.7 Å². The van der Waals surface area contributed by atoms with E-state index in [9.17, 15) is 0 Å². The van der Waals surface area contributed by atoms with Crippen LogP contribution in [0.1, 0.15) is 25.3 Å². The Hall–Kier alpha value is -1.36. The molecule has 2 heterocycles. The average Bonchev–Trinajstić information content (AvgIpc) is 2.42. The van der Waals surface area contributed by atoms with Gasteiger partial charge < -0.3 is 15.0 Å². The molecule has 2 rings (SSSR count). The van der Waals surface area contributed by atoms with Crippen molar-refractivity contribution in [3.63, 3.8) is 0 Å². The smallest absolute Gasteiger partial charge is 0.221 e. The van der Waals surface area contributed by atoms with Crippen LogP contribution in [0.15, 0.2) is 6.33 Å². The monoisotopic (exact) mass is 250 g/mol. The second-order valence-electron chi connectivity index (χ2n) is 4.71. The molecule has 0 aliphatic carbocycles. The zero-order valence-corrected chi connectivity index (χ0v) is 11.4. The van der Waals surface area contributed by atoms with Gasteiger partial charge in [0.1, 0.15) is 12.1 Å². The Morgan fingerprint density at radius 2 is 2.11 bits per heavy atom. The molecular weight excluding hydrogens is 228 g/mol. The molecule has 1 aliphatic heterocycles. The summed E-state index contributed by atoms with van der Waals surface area (Å²) in [5, 5.41) is 3.51. The summed E-state index contributed by atoms with van der Waals surface area (Å²) in [6, 6.07) is 0.506. The first kappa shape index (κ1) is 13.1. The Morgan fingerprint density at radius 3 is 2.72 bits per heavy atom. The van der Waals surface area contributed by atoms with E-state index in [2.05, 4.69) is 27.1 Å². The molecule has 1 aromatic rings. The van der Waals surface area contributed by atoms with Gasteiger partial charge in [0, 0.05) is 19.1 Å². The molecule has 1 aromatic heterocycles. The summed E-state index contributed by atoms with van der Waals surface area (Å²) in [6.45, 7) is 7.67. The molecule has 18 heavy (non-hydrogen) atoms. The fourth-order valence-electron chi connectivity index (χ4n) is 2.37. The van der Waals surface area contributed by atoms with Crippen molar-refractivity contribution in [2.24, 2.45) is 0 Å². The van der Waals surface area contributed by atoms with Gasteiger partial charge in [0.05, 0.1) is 12.7 Å². The fourth-order valence-corrected chi connectivity index (χ4v) is 2.37. The third-order valence-electron chi connectivity index (χ3n) is 3.61. The zero-order chi connectivity index (χ0) is 13.0. The zero-order valence-electron chi connectivity index (χ0n) is 11.4. The van der Waals surface area contributed by atoms with E-state index in [1.165, 1.54) is 12.8 Å². The van der Waals surface area contributed by atoms with Gasteiger partial charge in [-0.05, 0) is 26.3 Å². The minimum atomic E-state index is 0.506. The molecule has 0 spiro atoms. The second-order valence-corrected chi connectivity index (χ2v) is 4.71. The molecule has 0 bridgehead atoms. The van der Waals surface area contributed by atoms with Crippen LogP contribution in [0, 0.1) is 6.92 Å². The van der Waals surface area contributed by atoms with Crippen LogP contribution in [0.5, 0.6) is 5.88 Å². The summed E-state index contributed by atoms with van der Waals surface area (Å²) in [5.74, 6) is 1.55. The predicted molar refractivity (Wildman–Crippen MR) is 72.1 cm³/mol. The van der Waals surface area contributed by atoms with E-state index < -0.39 is 0 Å². The highest BCUT2D eigenvalue weighted by molar-refractivity contribution is 5.48. The Bertz CT molecular complexity index is 389. The van der Waals surface area contributed by atoms with Crippen LogP contribution in [0.25, 0.3) is 0 Å². The lowest BCUT2D eigenvalue weighted by atomic mass is 10.0. The molecule has 100 valence electrons. The van der Waals surface area contributed by atoms with Gasteiger partial charge in [-0.15, -0.1) is 0 Å². The number of likely N-dealkylation sites (tertiary alicyclic amines) is 1. The van der Waals surface area contributed by atoms with E-state index in [1.807, 2.05) is 6.92 Å². The minimum Gasteiger partial charge on any atom is -0.481 e. The number of nitrogens with one attached hydrogen (secondary N) is 1. The maximum atomic E-state index is 5.21. The van der Waals surface area contributed by atoms with Crippen molar-refractivity contribution in [1.82, 2.24) is 14.9 Å². The number of hydrogen-bond donors (Lipinski definition) is 1. The van der Waals surface area contributed by atoms with Gasteiger partial charge in [-0.25, -0.2) is 9.97 Å². The highest BCUT2D eigenvalue weighted by atomic mass is 16.5. The van der Waals surface area contributed by atoms with Crippen LogP contribution >= 0.6 is 0 Å². The number of aromatic nitrogens is 2. The molecule has 1 N–H and O–H groups in total. The van der Waals surface area contributed by atoms with Crippen LogP contribution in [0.4, 0.5) is 5.82 Å². The van der Waals surface area contributed by atoms with Crippen LogP contribution < -0.4 is 10.1 Å². The molecule has 0 radical (unpaired) electrons. The molecule has 5 heteroatoms. The standard InChI is InChI=1S/C13H22N4O/c1-4-17-7-5-11(6-8-17)16-12-10(2)13(18-3)15-9-14-12/h9,11H,4-8H2,1-3H3,(H,14,15,16). The summed E-state index contributed by atoms with van der Waals surface area (Å²) in [6.07, 6.45) is 3.88. The third-order valence-corrected chi connectivity index (χ3v) is 3.61. The van der Waals surface area contributed by atoms with Crippen LogP contribution in [-0.2, 0) is 0 Å². The summed E-state index contributed by atoms with van der Waals surface area (Å²) < 4.78 is 5.21. The van der Waals surface area contributed by atoms with Gasteiger partial charge in [-0.3, -0.25) is 0 Å². The number of anilines is 1. The van der Waals surface area contributed by atoms with E-state index in [4.69, 9.17) is 4.74 Å². The highest BCUT2D eigenvalue weighted by Crippen LogP contribution is 2.22. The lowest BCUT2D eigenvalue weighted by Crippen LogP contribution is -2.39. The van der Waals surface area contributed by atoms with Crippen LogP contribution in [0.2, 0.25) is 0 Å². The molecule has 0 atom stereocenters. The van der Waals surface area contributed by atoms with Crippen molar-refractivity contribution in [2.45, 2.75) is 32.7 Å². The van der Waals surface area contributed by atoms with E-state index in [0.717, 1.165) is 31.0 Å². The van der Waals surface area contributed by atoms with Crippen molar-refractivity contribution in [3.8, 4) is 5.88 Å². The molecule has 5 nitrogen and oxygen atoms in total. The quantitative estimate of drug-likeness (QED) is 0.881. The number of hydrogen-bond acceptors (Lipinski definition) is 5. The fraction of sp³-hybridized carbons (Fsp3) is 0.692. The molecule has 1 fully saturated rings. The Labute approximate surface area is 109 Å². The normalized spacial score (nSPS) is 17.7. The molecule has 0 saturated carbocycles. The first-order chi connectivity index (χ1) is 8.74. The summed E-state index contributed by atoms with van der Waals surface area (Å²) in [7, 11) is 1.64. The average molecular weight is 250 g/mol. The molecule has 1 aliphatic rings. The molecule has 0 unspecified atom stereocenters. The van der Waals surface area contributed by atoms with Crippen LogP contribution in [0.3, 0.4) is 0 Å². The van der Waals surface area contributed by atoms with Crippen molar-refractivity contribution in [3.05, 3.63) is 11.9 Å². The van der Waals surface area contributed by atoms with Crippen molar-refractivity contribution in [1.29, 1.82) is 0 Å². The molecular formula is C13H22N4O. The Balaban J connectivity index is 1.98. The van der Waals surface area contributed by atoms with Crippen molar-refractivity contribution in [2.75, 3.05) is 32.1 Å². The number of methoxy groups -OCH3 is 1. The second kappa shape index (κ2) is 6.00. The van der Waals surface area contributed by atoms with Gasteiger partial charge in [-0.2, -0.15) is 0 Å². The molecule has 1 saturated heterocycles. The summed E-state index contributed by atoms with van der Waals surface area (Å²) in [4.78, 5) is 10.9. The summed E-state index contributed by atoms with van der Waals surface area (Å²) in [5.41, 5.74) is 0.984. The van der Waals surface area contributed by atoms with Gasteiger partial charge in [0.15, 0.2) is 0 Å². The lowest BCUT2D eigenvalue weighted by Gasteiger charge is -2.32. The third kappa shape index (κ3) is 2.90. The van der Waals surface area contributed by atoms with Gasteiger partial charge >= 0.3 is 0 Å². The SMILES string of the molecule is CCN1CCC(Nc2ncnc(OC)c2C)CC1. The van der Waals surface area contributed by atoms with Gasteiger partial charge in [0.25, 0.3) is 0 Å². The number of piperidine rings is 1.